The van der Waals surface area contributed by atoms with Crippen LogP contribution < -0.4 is 0 Å². The summed E-state index contributed by atoms with van der Waals surface area (Å²) in [5.41, 5.74) is 0. The highest BCUT2D eigenvalue weighted by molar-refractivity contribution is 5.78. The third-order valence-corrected chi connectivity index (χ3v) is 5.57. The quantitative estimate of drug-likeness (QED) is 0.780. The fourth-order valence-corrected chi connectivity index (χ4v) is 3.66. The first-order valence-electron chi connectivity index (χ1n) is 9.28. The first kappa shape index (κ1) is 16.0. The maximum absolute atomic E-state index is 11.7. The average Bonchev–Trinajstić information content (AvgIpc) is 3.19. The predicted molar refractivity (Wildman–Crippen MR) is 88.5 cm³/mol. The molecule has 1 aromatic heterocycles. The predicted octanol–water partition coefficient (Wildman–Crippen LogP) is 1.25. The molecule has 7 nitrogen and oxygen atoms in total. The summed E-state index contributed by atoms with van der Waals surface area (Å²) in [5, 5.41) is 4.13. The number of piperazine rings is 1. The molecule has 4 rings (SSSR count). The Hall–Kier alpha value is -1.47. The minimum atomic E-state index is 0.187. The summed E-state index contributed by atoms with van der Waals surface area (Å²) in [5.74, 6) is 2.52. The zero-order valence-electron chi connectivity index (χ0n) is 14.5. The van der Waals surface area contributed by atoms with Gasteiger partial charge >= 0.3 is 0 Å². The highest BCUT2D eigenvalue weighted by atomic mass is 16.5. The zero-order chi connectivity index (χ0) is 16.5. The Balaban J connectivity index is 1.23. The van der Waals surface area contributed by atoms with Crippen molar-refractivity contribution in [2.45, 2.75) is 44.6 Å². The van der Waals surface area contributed by atoms with Gasteiger partial charge in [-0.3, -0.25) is 14.6 Å². The van der Waals surface area contributed by atoms with Crippen LogP contribution in [-0.2, 0) is 4.79 Å². The maximum atomic E-state index is 11.7. The molecule has 0 N–H and O–H groups in total. The highest BCUT2D eigenvalue weighted by Crippen LogP contribution is 2.38. The van der Waals surface area contributed by atoms with Crippen LogP contribution in [0.15, 0.2) is 4.52 Å². The van der Waals surface area contributed by atoms with Crippen molar-refractivity contribution >= 4 is 5.91 Å². The molecule has 3 heterocycles. The number of likely N-dealkylation sites (tertiary alicyclic amines) is 1. The van der Waals surface area contributed by atoms with Gasteiger partial charge in [0.25, 0.3) is 0 Å². The number of rotatable bonds is 6. The van der Waals surface area contributed by atoms with Gasteiger partial charge < -0.3 is 9.42 Å². The molecule has 1 atom stereocenters. The van der Waals surface area contributed by atoms with Crippen molar-refractivity contribution in [1.29, 1.82) is 0 Å². The molecule has 0 radical (unpaired) electrons. The van der Waals surface area contributed by atoms with E-state index in [9.17, 15) is 4.79 Å². The summed E-state index contributed by atoms with van der Waals surface area (Å²) in [6, 6.07) is 0.187. The number of hydrogen-bond donors (Lipinski definition) is 0. The Morgan fingerprint density at radius 3 is 2.62 bits per heavy atom. The van der Waals surface area contributed by atoms with Crippen LogP contribution >= 0.6 is 0 Å². The molecule has 1 aromatic rings. The number of amides is 1. The van der Waals surface area contributed by atoms with Crippen molar-refractivity contribution in [1.82, 2.24) is 24.8 Å². The van der Waals surface area contributed by atoms with E-state index >= 15 is 0 Å². The van der Waals surface area contributed by atoms with Crippen molar-refractivity contribution in [3.8, 4) is 0 Å². The molecule has 0 aromatic carbocycles. The molecule has 0 spiro atoms. The molecule has 132 valence electrons. The molecule has 7 heteroatoms. The Kier molecular flexibility index (Phi) is 4.54. The van der Waals surface area contributed by atoms with E-state index in [2.05, 4.69) is 26.9 Å². The Morgan fingerprint density at radius 1 is 1.17 bits per heavy atom. The number of carbonyl (C=O) groups excluding carboxylic acids is 1. The van der Waals surface area contributed by atoms with E-state index in [1.54, 1.807) is 0 Å². The maximum Gasteiger partial charge on any atom is 0.243 e. The van der Waals surface area contributed by atoms with Gasteiger partial charge in [-0.1, -0.05) is 5.16 Å². The molecule has 24 heavy (non-hydrogen) atoms. The van der Waals surface area contributed by atoms with Crippen LogP contribution in [-0.4, -0.2) is 76.6 Å². The smallest absolute Gasteiger partial charge is 0.243 e. The standard InChI is InChI=1S/C17H27N5O2/c1-13(17-18-16(19-24-17)14-4-5-14)21-10-7-20(8-11-21)9-12-22-6-2-3-15(22)23/h13-14H,2-12H2,1H3/t13-/m0/s1. The molecular weight excluding hydrogens is 306 g/mol. The first-order valence-corrected chi connectivity index (χ1v) is 9.28. The molecule has 0 unspecified atom stereocenters. The van der Waals surface area contributed by atoms with Crippen LogP contribution in [0.5, 0.6) is 0 Å². The van der Waals surface area contributed by atoms with Gasteiger partial charge in [0, 0.05) is 58.2 Å². The topological polar surface area (TPSA) is 65.7 Å². The summed E-state index contributed by atoms with van der Waals surface area (Å²) in [6.07, 6.45) is 4.16. The van der Waals surface area contributed by atoms with Crippen LogP contribution in [0.2, 0.25) is 0 Å². The van der Waals surface area contributed by atoms with Crippen molar-refractivity contribution in [3.05, 3.63) is 11.7 Å². The minimum Gasteiger partial charge on any atom is -0.341 e. The zero-order valence-corrected chi connectivity index (χ0v) is 14.5. The fourth-order valence-electron chi connectivity index (χ4n) is 3.66. The van der Waals surface area contributed by atoms with Crippen LogP contribution in [0, 0.1) is 0 Å². The highest BCUT2D eigenvalue weighted by Gasteiger charge is 2.31. The second kappa shape index (κ2) is 6.80. The number of hydrogen-bond acceptors (Lipinski definition) is 6. The lowest BCUT2D eigenvalue weighted by Crippen LogP contribution is -2.49. The average molecular weight is 333 g/mol. The van der Waals surface area contributed by atoms with E-state index in [-0.39, 0.29) is 6.04 Å². The van der Waals surface area contributed by atoms with Crippen LogP contribution in [0.1, 0.15) is 56.3 Å². The monoisotopic (exact) mass is 333 g/mol. The summed E-state index contributed by atoms with van der Waals surface area (Å²) in [4.78, 5) is 23.1. The lowest BCUT2D eigenvalue weighted by atomic mass is 10.2. The molecule has 2 aliphatic heterocycles. The Labute approximate surface area is 143 Å². The molecule has 3 aliphatic rings. The van der Waals surface area contributed by atoms with Gasteiger partial charge in [-0.2, -0.15) is 4.98 Å². The normalized spacial score (nSPS) is 24.7. The first-order chi connectivity index (χ1) is 11.7. The summed E-state index contributed by atoms with van der Waals surface area (Å²) >= 11 is 0. The van der Waals surface area contributed by atoms with E-state index in [0.29, 0.717) is 11.8 Å². The van der Waals surface area contributed by atoms with E-state index in [0.717, 1.165) is 70.4 Å². The van der Waals surface area contributed by atoms with Gasteiger partial charge in [-0.05, 0) is 26.2 Å². The van der Waals surface area contributed by atoms with Crippen molar-refractivity contribution in [2.75, 3.05) is 45.8 Å². The molecule has 0 bridgehead atoms. The second-order valence-electron chi connectivity index (χ2n) is 7.30. The number of nitrogens with zero attached hydrogens (tertiary/aromatic N) is 5. The summed E-state index contributed by atoms with van der Waals surface area (Å²) < 4.78 is 5.47. The molecule has 1 saturated carbocycles. The molecule has 1 amide bonds. The summed E-state index contributed by atoms with van der Waals surface area (Å²) in [6.45, 7) is 9.06. The third kappa shape index (κ3) is 3.47. The van der Waals surface area contributed by atoms with Crippen molar-refractivity contribution in [3.63, 3.8) is 0 Å². The van der Waals surface area contributed by atoms with Gasteiger partial charge in [0.15, 0.2) is 5.82 Å². The Morgan fingerprint density at radius 2 is 1.96 bits per heavy atom. The third-order valence-electron chi connectivity index (χ3n) is 5.57. The fraction of sp³-hybridized carbons (Fsp3) is 0.824. The molecule has 1 aliphatic carbocycles. The minimum absolute atomic E-state index is 0.187. The lowest BCUT2D eigenvalue weighted by Gasteiger charge is -2.37. The SMILES string of the molecule is C[C@@H](c1nc(C2CC2)no1)N1CCN(CCN2CCCC2=O)CC1. The lowest BCUT2D eigenvalue weighted by molar-refractivity contribution is -0.127. The van der Waals surface area contributed by atoms with Crippen LogP contribution in [0.4, 0.5) is 0 Å². The van der Waals surface area contributed by atoms with Crippen molar-refractivity contribution < 1.29 is 9.32 Å². The Bertz CT molecular complexity index is 577. The van der Waals surface area contributed by atoms with Crippen LogP contribution in [0.3, 0.4) is 0 Å². The van der Waals surface area contributed by atoms with E-state index in [4.69, 9.17) is 4.52 Å². The van der Waals surface area contributed by atoms with Gasteiger partial charge in [-0.25, -0.2) is 0 Å². The molecule has 2 saturated heterocycles. The largest absolute Gasteiger partial charge is 0.341 e. The van der Waals surface area contributed by atoms with Crippen LogP contribution in [0.25, 0.3) is 0 Å². The van der Waals surface area contributed by atoms with Gasteiger partial charge in [-0.15, -0.1) is 0 Å². The van der Waals surface area contributed by atoms with E-state index < -0.39 is 0 Å². The molecule has 3 fully saturated rings. The van der Waals surface area contributed by atoms with Gasteiger partial charge in [0.1, 0.15) is 0 Å². The van der Waals surface area contributed by atoms with Gasteiger partial charge in [0.05, 0.1) is 6.04 Å². The summed E-state index contributed by atoms with van der Waals surface area (Å²) in [7, 11) is 0. The van der Waals surface area contributed by atoms with E-state index in [1.165, 1.54) is 12.8 Å². The second-order valence-corrected chi connectivity index (χ2v) is 7.30. The molecular formula is C17H27N5O2. The van der Waals surface area contributed by atoms with Gasteiger partial charge in [0.2, 0.25) is 11.8 Å². The number of aromatic nitrogens is 2. The van der Waals surface area contributed by atoms with Crippen molar-refractivity contribution in [2.24, 2.45) is 0 Å². The van der Waals surface area contributed by atoms with E-state index in [1.807, 2.05) is 4.90 Å². The number of carbonyl (C=O) groups is 1.